The standard InChI is InChI=1S/C23H17N3O3S2/c1-12-8-9-19(30-12)18-10-15(14-6-4-5-7-17(14)25-18)21(27)26-22-16(11-24)13(2)20(31-22)23(28)29-3/h4-10H,1-3H3,(H,26,27). The van der Waals surface area contributed by atoms with Crippen LogP contribution in [-0.2, 0) is 4.74 Å². The highest BCUT2D eigenvalue weighted by Crippen LogP contribution is 2.34. The van der Waals surface area contributed by atoms with Crippen molar-refractivity contribution < 1.29 is 14.3 Å². The minimum Gasteiger partial charge on any atom is -0.465 e. The highest BCUT2D eigenvalue weighted by molar-refractivity contribution is 7.18. The molecule has 0 bridgehead atoms. The maximum Gasteiger partial charge on any atom is 0.348 e. The Balaban J connectivity index is 1.80. The van der Waals surface area contributed by atoms with E-state index in [1.807, 2.05) is 43.3 Å². The molecule has 4 rings (SSSR count). The molecule has 0 aliphatic heterocycles. The van der Waals surface area contributed by atoms with Gasteiger partial charge in [-0.2, -0.15) is 5.26 Å². The number of hydrogen-bond acceptors (Lipinski definition) is 7. The first-order chi connectivity index (χ1) is 14.9. The zero-order valence-electron chi connectivity index (χ0n) is 17.0. The average molecular weight is 448 g/mol. The number of aryl methyl sites for hydroxylation is 1. The first-order valence-corrected chi connectivity index (χ1v) is 11.0. The first-order valence-electron chi connectivity index (χ1n) is 9.32. The van der Waals surface area contributed by atoms with E-state index in [2.05, 4.69) is 11.4 Å². The molecular formula is C23H17N3O3S2. The van der Waals surface area contributed by atoms with Gasteiger partial charge in [-0.15, -0.1) is 22.7 Å². The molecule has 1 N–H and O–H groups in total. The number of para-hydroxylation sites is 1. The topological polar surface area (TPSA) is 92.1 Å². The summed E-state index contributed by atoms with van der Waals surface area (Å²) < 4.78 is 4.79. The number of pyridine rings is 1. The molecule has 0 aliphatic carbocycles. The minimum absolute atomic E-state index is 0.256. The van der Waals surface area contributed by atoms with Crippen molar-refractivity contribution in [3.05, 3.63) is 68.9 Å². The molecule has 8 heteroatoms. The number of thiophene rings is 2. The molecule has 0 fully saturated rings. The number of carbonyl (C=O) groups is 2. The van der Waals surface area contributed by atoms with Crippen LogP contribution in [0.25, 0.3) is 21.5 Å². The van der Waals surface area contributed by atoms with Crippen LogP contribution in [0.15, 0.2) is 42.5 Å². The third kappa shape index (κ3) is 3.81. The summed E-state index contributed by atoms with van der Waals surface area (Å²) in [6.45, 7) is 3.68. The lowest BCUT2D eigenvalue weighted by molar-refractivity contribution is 0.0605. The van der Waals surface area contributed by atoms with Gasteiger partial charge in [-0.3, -0.25) is 4.79 Å². The van der Waals surface area contributed by atoms with Crippen LogP contribution in [-0.4, -0.2) is 24.0 Å². The number of fused-ring (bicyclic) bond motifs is 1. The van der Waals surface area contributed by atoms with Gasteiger partial charge in [0.15, 0.2) is 0 Å². The van der Waals surface area contributed by atoms with Gasteiger partial charge >= 0.3 is 5.97 Å². The van der Waals surface area contributed by atoms with Crippen LogP contribution in [0.4, 0.5) is 5.00 Å². The number of carbonyl (C=O) groups excluding carboxylic acids is 2. The van der Waals surface area contributed by atoms with Crippen LogP contribution in [0, 0.1) is 25.2 Å². The summed E-state index contributed by atoms with van der Waals surface area (Å²) in [4.78, 5) is 32.4. The number of esters is 1. The number of nitrogens with zero attached hydrogens (tertiary/aromatic N) is 2. The molecule has 0 aliphatic rings. The molecular weight excluding hydrogens is 430 g/mol. The van der Waals surface area contributed by atoms with Gasteiger partial charge in [-0.25, -0.2) is 9.78 Å². The third-order valence-electron chi connectivity index (χ3n) is 4.81. The van der Waals surface area contributed by atoms with Crippen molar-refractivity contribution in [2.75, 3.05) is 12.4 Å². The second-order valence-electron chi connectivity index (χ2n) is 6.80. The molecule has 1 aromatic carbocycles. The van der Waals surface area contributed by atoms with E-state index in [-0.39, 0.29) is 11.5 Å². The number of aromatic nitrogens is 1. The predicted octanol–water partition coefficient (Wildman–Crippen LogP) is 5.55. The van der Waals surface area contributed by atoms with Crippen molar-refractivity contribution >= 4 is 50.5 Å². The highest BCUT2D eigenvalue weighted by Gasteiger charge is 2.23. The fourth-order valence-electron chi connectivity index (χ4n) is 3.26. The molecule has 0 radical (unpaired) electrons. The third-order valence-corrected chi connectivity index (χ3v) is 7.02. The Labute approximate surface area is 186 Å². The number of nitriles is 1. The highest BCUT2D eigenvalue weighted by atomic mass is 32.1. The lowest BCUT2D eigenvalue weighted by Crippen LogP contribution is -2.13. The lowest BCUT2D eigenvalue weighted by Gasteiger charge is -2.09. The van der Waals surface area contributed by atoms with Crippen molar-refractivity contribution in [1.82, 2.24) is 4.98 Å². The normalized spacial score (nSPS) is 10.6. The number of amides is 1. The zero-order chi connectivity index (χ0) is 22.1. The summed E-state index contributed by atoms with van der Waals surface area (Å²) in [6.07, 6.45) is 0. The van der Waals surface area contributed by atoms with E-state index in [0.717, 1.165) is 21.1 Å². The predicted molar refractivity (Wildman–Crippen MR) is 123 cm³/mol. The molecule has 0 saturated heterocycles. The van der Waals surface area contributed by atoms with E-state index < -0.39 is 5.97 Å². The summed E-state index contributed by atoms with van der Waals surface area (Å²) in [7, 11) is 1.28. The Kier molecular flexibility index (Phi) is 5.55. The number of hydrogen-bond donors (Lipinski definition) is 1. The second kappa shape index (κ2) is 8.30. The fourth-order valence-corrected chi connectivity index (χ4v) is 5.15. The zero-order valence-corrected chi connectivity index (χ0v) is 18.6. The van der Waals surface area contributed by atoms with Gasteiger partial charge in [0, 0.05) is 10.3 Å². The first kappa shape index (κ1) is 20.7. The molecule has 0 atom stereocenters. The van der Waals surface area contributed by atoms with Gasteiger partial charge in [-0.1, -0.05) is 18.2 Å². The van der Waals surface area contributed by atoms with Gasteiger partial charge in [0.2, 0.25) is 0 Å². The second-order valence-corrected chi connectivity index (χ2v) is 9.11. The van der Waals surface area contributed by atoms with Crippen LogP contribution in [0.2, 0.25) is 0 Å². The van der Waals surface area contributed by atoms with Crippen LogP contribution < -0.4 is 5.32 Å². The summed E-state index contributed by atoms with van der Waals surface area (Å²) in [6, 6.07) is 15.3. The molecule has 0 unspecified atom stereocenters. The van der Waals surface area contributed by atoms with Crippen LogP contribution in [0.1, 0.15) is 36.0 Å². The number of anilines is 1. The molecule has 154 valence electrons. The summed E-state index contributed by atoms with van der Waals surface area (Å²) in [5.41, 5.74) is 2.60. The van der Waals surface area contributed by atoms with E-state index >= 15 is 0 Å². The smallest absolute Gasteiger partial charge is 0.348 e. The summed E-state index contributed by atoms with van der Waals surface area (Å²) >= 11 is 2.64. The Morgan fingerprint density at radius 3 is 2.58 bits per heavy atom. The fraction of sp³-hybridized carbons (Fsp3) is 0.130. The molecule has 0 spiro atoms. The Morgan fingerprint density at radius 1 is 1.13 bits per heavy atom. The molecule has 3 heterocycles. The monoisotopic (exact) mass is 447 g/mol. The number of nitrogens with one attached hydrogen (secondary N) is 1. The average Bonchev–Trinajstić information content (AvgIpc) is 3.35. The van der Waals surface area contributed by atoms with Gasteiger partial charge in [-0.05, 0) is 43.7 Å². The number of benzene rings is 1. The quantitative estimate of drug-likeness (QED) is 0.414. The van der Waals surface area contributed by atoms with E-state index in [9.17, 15) is 14.9 Å². The number of methoxy groups -OCH3 is 1. The molecule has 3 aromatic heterocycles. The van der Waals surface area contributed by atoms with E-state index in [0.29, 0.717) is 37.6 Å². The molecule has 31 heavy (non-hydrogen) atoms. The van der Waals surface area contributed by atoms with Gasteiger partial charge in [0.25, 0.3) is 5.91 Å². The van der Waals surface area contributed by atoms with Gasteiger partial charge < -0.3 is 10.1 Å². The van der Waals surface area contributed by atoms with Crippen LogP contribution in [0.3, 0.4) is 0 Å². The largest absolute Gasteiger partial charge is 0.465 e. The Hall–Kier alpha value is -3.54. The maximum absolute atomic E-state index is 13.3. The lowest BCUT2D eigenvalue weighted by atomic mass is 10.1. The van der Waals surface area contributed by atoms with Crippen molar-refractivity contribution in [2.45, 2.75) is 13.8 Å². The van der Waals surface area contributed by atoms with E-state index in [4.69, 9.17) is 9.72 Å². The molecule has 6 nitrogen and oxygen atoms in total. The van der Waals surface area contributed by atoms with Crippen LogP contribution in [0.5, 0.6) is 0 Å². The Bertz CT molecular complexity index is 1380. The Morgan fingerprint density at radius 2 is 1.90 bits per heavy atom. The molecule has 0 saturated carbocycles. The van der Waals surface area contributed by atoms with Gasteiger partial charge in [0.05, 0.1) is 34.3 Å². The number of ether oxygens (including phenoxy) is 1. The van der Waals surface area contributed by atoms with Crippen LogP contribution >= 0.6 is 22.7 Å². The van der Waals surface area contributed by atoms with Crippen molar-refractivity contribution in [3.8, 4) is 16.6 Å². The van der Waals surface area contributed by atoms with Gasteiger partial charge in [0.1, 0.15) is 15.9 Å². The van der Waals surface area contributed by atoms with Crippen molar-refractivity contribution in [3.63, 3.8) is 0 Å². The minimum atomic E-state index is -0.538. The van der Waals surface area contributed by atoms with E-state index in [1.54, 1.807) is 24.3 Å². The SMILES string of the molecule is COC(=O)c1sc(NC(=O)c2cc(-c3ccc(C)s3)nc3ccccc23)c(C#N)c1C. The van der Waals surface area contributed by atoms with E-state index in [1.165, 1.54) is 7.11 Å². The van der Waals surface area contributed by atoms with Crippen molar-refractivity contribution in [1.29, 1.82) is 5.26 Å². The molecule has 1 amide bonds. The van der Waals surface area contributed by atoms with Crippen molar-refractivity contribution in [2.24, 2.45) is 0 Å². The maximum atomic E-state index is 13.3. The summed E-state index contributed by atoms with van der Waals surface area (Å²) in [5, 5.41) is 13.4. The summed E-state index contributed by atoms with van der Waals surface area (Å²) in [5.74, 6) is -0.911. The number of rotatable bonds is 4. The molecule has 4 aromatic rings.